The molecule has 0 spiro atoms. The molecular formula is C11H22N4O4S. The number of carboxylic acid groups (broad SMARTS) is 1. The average molecular weight is 306 g/mol. The van der Waals surface area contributed by atoms with Gasteiger partial charge in [0.1, 0.15) is 0 Å². The van der Waals surface area contributed by atoms with Gasteiger partial charge in [0.15, 0.2) is 0 Å². The zero-order valence-corrected chi connectivity index (χ0v) is 12.5. The van der Waals surface area contributed by atoms with Crippen molar-refractivity contribution in [3.05, 3.63) is 0 Å². The first-order chi connectivity index (χ1) is 9.38. The lowest BCUT2D eigenvalue weighted by atomic mass is 10.0. The Labute approximate surface area is 119 Å². The zero-order chi connectivity index (χ0) is 14.8. The molecule has 8 nitrogen and oxygen atoms in total. The highest BCUT2D eigenvalue weighted by Gasteiger charge is 2.33. The third kappa shape index (κ3) is 3.89. The summed E-state index contributed by atoms with van der Waals surface area (Å²) in [4.78, 5) is 15.7. The number of piperazine rings is 1. The van der Waals surface area contributed by atoms with Crippen molar-refractivity contribution in [2.75, 3.05) is 46.3 Å². The van der Waals surface area contributed by atoms with Crippen LogP contribution in [0.4, 0.5) is 0 Å². The Kier molecular flexibility index (Phi) is 4.97. The van der Waals surface area contributed by atoms with E-state index in [-0.39, 0.29) is 6.54 Å². The first-order valence-electron chi connectivity index (χ1n) is 6.82. The fraction of sp³-hybridized carbons (Fsp3) is 0.909. The van der Waals surface area contributed by atoms with Crippen molar-refractivity contribution in [1.29, 1.82) is 0 Å². The van der Waals surface area contributed by atoms with Gasteiger partial charge in [-0.3, -0.25) is 4.79 Å². The van der Waals surface area contributed by atoms with E-state index in [2.05, 4.69) is 9.73 Å². The number of aliphatic carboxylic acids is 1. The molecule has 0 aliphatic carbocycles. The van der Waals surface area contributed by atoms with Crippen molar-refractivity contribution < 1.29 is 18.3 Å². The van der Waals surface area contributed by atoms with Crippen LogP contribution in [0.25, 0.3) is 0 Å². The highest BCUT2D eigenvalue weighted by Crippen LogP contribution is 2.19. The number of piperidine rings is 1. The van der Waals surface area contributed by atoms with Gasteiger partial charge < -0.3 is 10.0 Å². The molecule has 2 N–H and O–H groups in total. The first-order valence-corrected chi connectivity index (χ1v) is 8.26. The monoisotopic (exact) mass is 306 g/mol. The average Bonchev–Trinajstić information content (AvgIpc) is 2.41. The van der Waals surface area contributed by atoms with E-state index in [0.29, 0.717) is 32.5 Å². The quantitative estimate of drug-likeness (QED) is 0.676. The minimum atomic E-state index is -3.64. The van der Waals surface area contributed by atoms with Gasteiger partial charge in [-0.25, -0.2) is 5.01 Å². The maximum absolute atomic E-state index is 12.3. The molecule has 116 valence electrons. The molecular weight excluding hydrogens is 284 g/mol. The van der Waals surface area contributed by atoms with Crippen LogP contribution < -0.4 is 4.83 Å². The summed E-state index contributed by atoms with van der Waals surface area (Å²) in [5.74, 6) is -1.53. The largest absolute Gasteiger partial charge is 0.481 e. The number of carboxylic acids is 1. The Morgan fingerprint density at radius 2 is 1.85 bits per heavy atom. The molecule has 0 amide bonds. The minimum Gasteiger partial charge on any atom is -0.481 e. The highest BCUT2D eigenvalue weighted by atomic mass is 32.2. The maximum Gasteiger partial charge on any atom is 0.307 e. The third-order valence-corrected chi connectivity index (χ3v) is 5.32. The Morgan fingerprint density at radius 3 is 2.45 bits per heavy atom. The van der Waals surface area contributed by atoms with Crippen LogP contribution in [-0.2, 0) is 15.0 Å². The van der Waals surface area contributed by atoms with Gasteiger partial charge >= 0.3 is 5.97 Å². The Hall–Kier alpha value is -0.740. The molecule has 1 atom stereocenters. The van der Waals surface area contributed by atoms with Crippen LogP contribution in [0.15, 0.2) is 0 Å². The van der Waals surface area contributed by atoms with Gasteiger partial charge in [0.2, 0.25) is 0 Å². The summed E-state index contributed by atoms with van der Waals surface area (Å²) in [5.41, 5.74) is 0. The molecule has 2 saturated heterocycles. The summed E-state index contributed by atoms with van der Waals surface area (Å²) in [7, 11) is -1.65. The van der Waals surface area contributed by atoms with E-state index >= 15 is 0 Å². The number of rotatable bonds is 4. The van der Waals surface area contributed by atoms with Crippen LogP contribution in [0.2, 0.25) is 0 Å². The zero-order valence-electron chi connectivity index (χ0n) is 11.7. The lowest BCUT2D eigenvalue weighted by Gasteiger charge is -2.35. The van der Waals surface area contributed by atoms with Crippen LogP contribution in [0.1, 0.15) is 12.8 Å². The molecule has 2 heterocycles. The second-order valence-electron chi connectivity index (χ2n) is 5.42. The van der Waals surface area contributed by atoms with Crippen molar-refractivity contribution in [2.45, 2.75) is 12.8 Å². The third-order valence-electron chi connectivity index (χ3n) is 3.82. The van der Waals surface area contributed by atoms with E-state index in [1.165, 1.54) is 4.31 Å². The number of nitrogens with one attached hydrogen (secondary N) is 1. The van der Waals surface area contributed by atoms with Gasteiger partial charge in [-0.15, -0.1) is 4.83 Å². The minimum absolute atomic E-state index is 0.0540. The molecule has 1 unspecified atom stereocenters. The molecule has 2 aliphatic heterocycles. The number of carbonyl (C=O) groups is 1. The number of hydrogen-bond donors (Lipinski definition) is 2. The molecule has 0 aromatic heterocycles. The number of likely N-dealkylation sites (N-methyl/N-ethyl adjacent to an activating group) is 1. The van der Waals surface area contributed by atoms with Crippen molar-refractivity contribution in [3.8, 4) is 0 Å². The van der Waals surface area contributed by atoms with E-state index in [1.54, 1.807) is 5.01 Å². The van der Waals surface area contributed by atoms with Gasteiger partial charge in [0.25, 0.3) is 10.2 Å². The molecule has 0 aromatic rings. The van der Waals surface area contributed by atoms with Crippen LogP contribution in [0.5, 0.6) is 0 Å². The molecule has 2 fully saturated rings. The summed E-state index contributed by atoms with van der Waals surface area (Å²) < 4.78 is 25.8. The predicted molar refractivity (Wildman–Crippen MR) is 73.1 cm³/mol. The van der Waals surface area contributed by atoms with Gasteiger partial charge in [0, 0.05) is 39.3 Å². The van der Waals surface area contributed by atoms with Crippen molar-refractivity contribution >= 4 is 16.2 Å². The molecule has 0 aromatic carbocycles. The number of hydrogen-bond acceptors (Lipinski definition) is 5. The lowest BCUT2D eigenvalue weighted by Crippen LogP contribution is -2.57. The fourth-order valence-corrected chi connectivity index (χ4v) is 3.85. The molecule has 9 heteroatoms. The normalized spacial score (nSPS) is 27.6. The van der Waals surface area contributed by atoms with E-state index in [1.807, 2.05) is 7.05 Å². The highest BCUT2D eigenvalue weighted by molar-refractivity contribution is 7.87. The second kappa shape index (κ2) is 6.35. The molecule has 0 saturated carbocycles. The van der Waals surface area contributed by atoms with Crippen LogP contribution in [0.3, 0.4) is 0 Å². The van der Waals surface area contributed by atoms with Crippen molar-refractivity contribution in [2.24, 2.45) is 5.92 Å². The lowest BCUT2D eigenvalue weighted by molar-refractivity contribution is -0.142. The summed E-state index contributed by atoms with van der Waals surface area (Å²) in [5, 5.41) is 10.7. The summed E-state index contributed by atoms with van der Waals surface area (Å²) in [6.07, 6.45) is 1.12. The van der Waals surface area contributed by atoms with Gasteiger partial charge in [-0.05, 0) is 19.9 Å². The van der Waals surface area contributed by atoms with Gasteiger partial charge in [-0.1, -0.05) is 0 Å². The van der Waals surface area contributed by atoms with Crippen LogP contribution in [-0.4, -0.2) is 80.0 Å². The van der Waals surface area contributed by atoms with Gasteiger partial charge in [-0.2, -0.15) is 12.7 Å². The predicted octanol–water partition coefficient (Wildman–Crippen LogP) is -1.22. The second-order valence-corrected chi connectivity index (χ2v) is 7.07. The van der Waals surface area contributed by atoms with Crippen molar-refractivity contribution in [1.82, 2.24) is 19.0 Å². The molecule has 2 rings (SSSR count). The summed E-state index contributed by atoms with van der Waals surface area (Å²) in [6.45, 7) is 3.31. The van der Waals surface area contributed by atoms with E-state index in [0.717, 1.165) is 13.1 Å². The summed E-state index contributed by atoms with van der Waals surface area (Å²) in [6, 6.07) is 0. The molecule has 0 bridgehead atoms. The maximum atomic E-state index is 12.3. The SMILES string of the molecule is CN1CCN(NS(=O)(=O)N2CCCC(C(=O)O)C2)CC1. The Balaban J connectivity index is 1.94. The molecule has 20 heavy (non-hydrogen) atoms. The van der Waals surface area contributed by atoms with E-state index < -0.39 is 22.1 Å². The Morgan fingerprint density at radius 1 is 1.20 bits per heavy atom. The Bertz CT molecular complexity index is 447. The van der Waals surface area contributed by atoms with Gasteiger partial charge in [0.05, 0.1) is 5.92 Å². The summed E-state index contributed by atoms with van der Waals surface area (Å²) >= 11 is 0. The van der Waals surface area contributed by atoms with Crippen LogP contribution in [0, 0.1) is 5.92 Å². The van der Waals surface area contributed by atoms with E-state index in [9.17, 15) is 13.2 Å². The molecule has 0 radical (unpaired) electrons. The number of nitrogens with zero attached hydrogens (tertiary/aromatic N) is 3. The molecule has 2 aliphatic rings. The number of hydrazine groups is 1. The fourth-order valence-electron chi connectivity index (χ4n) is 2.48. The smallest absolute Gasteiger partial charge is 0.307 e. The van der Waals surface area contributed by atoms with E-state index in [4.69, 9.17) is 5.11 Å². The standard InChI is InChI=1S/C11H22N4O4S/c1-13-5-7-14(8-6-13)12-20(18,19)15-4-2-3-10(9-15)11(16)17/h10,12H,2-9H2,1H3,(H,16,17). The topological polar surface area (TPSA) is 93.2 Å². The van der Waals surface area contributed by atoms with Crippen molar-refractivity contribution in [3.63, 3.8) is 0 Å². The first kappa shape index (κ1) is 15.6. The van der Waals surface area contributed by atoms with Crippen LogP contribution >= 0.6 is 0 Å².